The van der Waals surface area contributed by atoms with Crippen molar-refractivity contribution in [2.45, 2.75) is 26.0 Å². The molecule has 18 heavy (non-hydrogen) atoms. The predicted octanol–water partition coefficient (Wildman–Crippen LogP) is 1.18. The summed E-state index contributed by atoms with van der Waals surface area (Å²) in [6.07, 6.45) is 0.914. The molecule has 1 heterocycles. The third kappa shape index (κ3) is 4.60. The van der Waals surface area contributed by atoms with Crippen LogP contribution in [0.25, 0.3) is 0 Å². The zero-order valence-electron chi connectivity index (χ0n) is 11.4. The first kappa shape index (κ1) is 14.9. The lowest BCUT2D eigenvalue weighted by Crippen LogP contribution is -2.27. The minimum absolute atomic E-state index is 0.0170. The number of nitrogens with one attached hydrogen (secondary N) is 1. The van der Waals surface area contributed by atoms with Gasteiger partial charge in [0.25, 0.3) is 0 Å². The second-order valence-electron chi connectivity index (χ2n) is 4.10. The van der Waals surface area contributed by atoms with Crippen molar-refractivity contribution in [1.29, 1.82) is 0 Å². The van der Waals surface area contributed by atoms with Gasteiger partial charge in [-0.15, -0.1) is 0 Å². The Morgan fingerprint density at radius 3 is 2.72 bits per heavy atom. The van der Waals surface area contributed by atoms with E-state index in [1.165, 1.54) is 0 Å². The van der Waals surface area contributed by atoms with Crippen LogP contribution < -0.4 is 11.1 Å². The van der Waals surface area contributed by atoms with Crippen molar-refractivity contribution in [2.24, 2.45) is 5.73 Å². The molecule has 0 aliphatic heterocycles. The van der Waals surface area contributed by atoms with Gasteiger partial charge in [0.1, 0.15) is 5.82 Å². The van der Waals surface area contributed by atoms with Crippen molar-refractivity contribution in [3.8, 4) is 0 Å². The van der Waals surface area contributed by atoms with Crippen LogP contribution in [0.5, 0.6) is 0 Å². The molecule has 1 aromatic heterocycles. The van der Waals surface area contributed by atoms with Gasteiger partial charge in [-0.1, -0.05) is 6.92 Å². The molecule has 1 aromatic rings. The Kier molecular flexibility index (Phi) is 6.64. The maximum atomic E-state index is 5.67. The van der Waals surface area contributed by atoms with Crippen LogP contribution >= 0.6 is 0 Å². The lowest BCUT2D eigenvalue weighted by atomic mass is 10.2. The molecular weight excluding hydrogens is 230 g/mol. The molecule has 0 aromatic carbocycles. The molecule has 0 aliphatic carbocycles. The molecule has 0 saturated carbocycles. The standard InChI is InChI=1S/C13H23N3O2/c1-4-11-5-10(7-14)6-13(16-11)15-8-12(18-3)9-17-2/h5-6,12H,4,7-9,14H2,1-3H3,(H,15,16). The van der Waals surface area contributed by atoms with Gasteiger partial charge in [0.05, 0.1) is 12.7 Å². The number of nitrogens with zero attached hydrogens (tertiary/aromatic N) is 1. The van der Waals surface area contributed by atoms with Crippen LogP contribution in [0.15, 0.2) is 12.1 Å². The summed E-state index contributed by atoms with van der Waals surface area (Å²) in [5.41, 5.74) is 7.80. The van der Waals surface area contributed by atoms with E-state index in [9.17, 15) is 0 Å². The molecule has 0 spiro atoms. The smallest absolute Gasteiger partial charge is 0.126 e. The van der Waals surface area contributed by atoms with Gasteiger partial charge in [0.15, 0.2) is 0 Å². The maximum Gasteiger partial charge on any atom is 0.126 e. The second kappa shape index (κ2) is 8.02. The Morgan fingerprint density at radius 1 is 1.39 bits per heavy atom. The summed E-state index contributed by atoms with van der Waals surface area (Å²) < 4.78 is 10.4. The molecule has 102 valence electrons. The number of pyridine rings is 1. The Balaban J connectivity index is 2.65. The number of anilines is 1. The minimum Gasteiger partial charge on any atom is -0.382 e. The molecule has 3 N–H and O–H groups in total. The summed E-state index contributed by atoms with van der Waals surface area (Å²) in [7, 11) is 3.33. The van der Waals surface area contributed by atoms with Crippen LogP contribution in [0.1, 0.15) is 18.2 Å². The topological polar surface area (TPSA) is 69.4 Å². The van der Waals surface area contributed by atoms with E-state index in [1.807, 2.05) is 12.1 Å². The molecule has 0 fully saturated rings. The van der Waals surface area contributed by atoms with Gasteiger partial charge in [-0.3, -0.25) is 0 Å². The molecule has 0 radical (unpaired) electrons. The summed E-state index contributed by atoms with van der Waals surface area (Å²) in [5, 5.41) is 3.26. The summed E-state index contributed by atoms with van der Waals surface area (Å²) in [6, 6.07) is 4.01. The molecule has 0 amide bonds. The molecule has 1 atom stereocenters. The molecular formula is C13H23N3O2. The number of aryl methyl sites for hydroxylation is 1. The first-order chi connectivity index (χ1) is 8.73. The quantitative estimate of drug-likeness (QED) is 0.728. The van der Waals surface area contributed by atoms with Crippen LogP contribution in [-0.4, -0.2) is 38.5 Å². The number of aromatic nitrogens is 1. The lowest BCUT2D eigenvalue weighted by Gasteiger charge is -2.16. The fourth-order valence-electron chi connectivity index (χ4n) is 1.65. The molecule has 0 aliphatic rings. The summed E-state index contributed by atoms with van der Waals surface area (Å²) >= 11 is 0. The SMILES string of the molecule is CCc1cc(CN)cc(NCC(COC)OC)n1. The Hall–Kier alpha value is -1.17. The molecule has 1 unspecified atom stereocenters. The van der Waals surface area contributed by atoms with E-state index in [1.54, 1.807) is 14.2 Å². The Morgan fingerprint density at radius 2 is 2.17 bits per heavy atom. The highest BCUT2D eigenvalue weighted by atomic mass is 16.5. The van der Waals surface area contributed by atoms with Gasteiger partial charge < -0.3 is 20.5 Å². The normalized spacial score (nSPS) is 12.4. The predicted molar refractivity (Wildman–Crippen MR) is 72.7 cm³/mol. The summed E-state index contributed by atoms with van der Waals surface area (Å²) in [4.78, 5) is 4.50. The fraction of sp³-hybridized carbons (Fsp3) is 0.615. The number of ether oxygens (including phenoxy) is 2. The monoisotopic (exact) mass is 253 g/mol. The number of methoxy groups -OCH3 is 2. The van der Waals surface area contributed by atoms with Crippen molar-refractivity contribution in [3.05, 3.63) is 23.4 Å². The molecule has 5 nitrogen and oxygen atoms in total. The second-order valence-corrected chi connectivity index (χ2v) is 4.10. The molecule has 1 rings (SSSR count). The fourth-order valence-corrected chi connectivity index (χ4v) is 1.65. The van der Waals surface area contributed by atoms with Gasteiger partial charge in [-0.2, -0.15) is 0 Å². The van der Waals surface area contributed by atoms with Crippen molar-refractivity contribution in [3.63, 3.8) is 0 Å². The van der Waals surface area contributed by atoms with Gasteiger partial charge >= 0.3 is 0 Å². The van der Waals surface area contributed by atoms with E-state index in [4.69, 9.17) is 15.2 Å². The first-order valence-electron chi connectivity index (χ1n) is 6.19. The average molecular weight is 253 g/mol. The minimum atomic E-state index is 0.0170. The number of hydrogen-bond acceptors (Lipinski definition) is 5. The Labute approximate surface area is 109 Å². The lowest BCUT2D eigenvalue weighted by molar-refractivity contribution is 0.0365. The van der Waals surface area contributed by atoms with Gasteiger partial charge in [0.2, 0.25) is 0 Å². The molecule has 0 saturated heterocycles. The third-order valence-corrected chi connectivity index (χ3v) is 2.73. The number of hydrogen-bond donors (Lipinski definition) is 2. The number of rotatable bonds is 8. The van der Waals surface area contributed by atoms with Crippen LogP contribution in [0, 0.1) is 0 Å². The molecule has 5 heteroatoms. The van der Waals surface area contributed by atoms with E-state index in [-0.39, 0.29) is 6.10 Å². The van der Waals surface area contributed by atoms with Crippen LogP contribution in [0.3, 0.4) is 0 Å². The van der Waals surface area contributed by atoms with E-state index < -0.39 is 0 Å². The van der Waals surface area contributed by atoms with Crippen molar-refractivity contribution in [2.75, 3.05) is 32.7 Å². The van der Waals surface area contributed by atoms with Gasteiger partial charge in [0, 0.05) is 33.0 Å². The zero-order chi connectivity index (χ0) is 13.4. The highest BCUT2D eigenvalue weighted by molar-refractivity contribution is 5.39. The third-order valence-electron chi connectivity index (χ3n) is 2.73. The van der Waals surface area contributed by atoms with Crippen molar-refractivity contribution < 1.29 is 9.47 Å². The van der Waals surface area contributed by atoms with Crippen molar-refractivity contribution in [1.82, 2.24) is 4.98 Å². The van der Waals surface area contributed by atoms with E-state index in [2.05, 4.69) is 17.2 Å². The van der Waals surface area contributed by atoms with Crippen LogP contribution in [0.2, 0.25) is 0 Å². The van der Waals surface area contributed by atoms with Crippen molar-refractivity contribution >= 4 is 5.82 Å². The highest BCUT2D eigenvalue weighted by Crippen LogP contribution is 2.11. The highest BCUT2D eigenvalue weighted by Gasteiger charge is 2.07. The number of nitrogens with two attached hydrogens (primary N) is 1. The zero-order valence-corrected chi connectivity index (χ0v) is 11.4. The van der Waals surface area contributed by atoms with Gasteiger partial charge in [-0.25, -0.2) is 4.98 Å². The summed E-state index contributed by atoms with van der Waals surface area (Å²) in [6.45, 7) is 3.82. The van der Waals surface area contributed by atoms with E-state index >= 15 is 0 Å². The average Bonchev–Trinajstić information content (AvgIpc) is 2.42. The summed E-state index contributed by atoms with van der Waals surface area (Å²) in [5.74, 6) is 0.841. The van der Waals surface area contributed by atoms with E-state index in [0.717, 1.165) is 23.5 Å². The van der Waals surface area contributed by atoms with E-state index in [0.29, 0.717) is 19.7 Å². The van der Waals surface area contributed by atoms with Crippen LogP contribution in [-0.2, 0) is 22.4 Å². The van der Waals surface area contributed by atoms with Crippen LogP contribution in [0.4, 0.5) is 5.82 Å². The largest absolute Gasteiger partial charge is 0.382 e. The maximum absolute atomic E-state index is 5.67. The Bertz CT molecular complexity index is 336. The molecule has 0 bridgehead atoms. The first-order valence-corrected chi connectivity index (χ1v) is 6.19. The van der Waals surface area contributed by atoms with Gasteiger partial charge in [-0.05, 0) is 24.1 Å².